The summed E-state index contributed by atoms with van der Waals surface area (Å²) in [7, 11) is 1.66. The van der Waals surface area contributed by atoms with Gasteiger partial charge in [-0.15, -0.1) is 0 Å². The van der Waals surface area contributed by atoms with Crippen LogP contribution in [0.5, 0.6) is 5.75 Å². The molecular formula is C24H21ClN4O3. The molecule has 1 amide bonds. The summed E-state index contributed by atoms with van der Waals surface area (Å²) < 4.78 is 6.89. The van der Waals surface area contributed by atoms with E-state index in [1.165, 1.54) is 4.40 Å². The molecule has 32 heavy (non-hydrogen) atoms. The molecule has 0 N–H and O–H groups in total. The SMILES string of the molecule is COc1ccccc1N1CCN(C(=O)c2ccc3nc4cc(Cl)ccc4c(=O)n3c2)CC1. The number of carbonyl (C=O) groups excluding carboxylic acids is 1. The topological polar surface area (TPSA) is 67.2 Å². The molecule has 2 aromatic heterocycles. The number of rotatable bonds is 3. The van der Waals surface area contributed by atoms with Crippen molar-refractivity contribution < 1.29 is 9.53 Å². The molecule has 0 spiro atoms. The second-order valence-electron chi connectivity index (χ2n) is 7.68. The van der Waals surface area contributed by atoms with Crippen LogP contribution < -0.4 is 15.2 Å². The van der Waals surface area contributed by atoms with Crippen molar-refractivity contribution in [3.63, 3.8) is 0 Å². The smallest absolute Gasteiger partial charge is 0.265 e. The number of amides is 1. The number of benzene rings is 2. The van der Waals surface area contributed by atoms with Crippen LogP contribution in [-0.2, 0) is 0 Å². The maximum Gasteiger partial charge on any atom is 0.265 e. The van der Waals surface area contributed by atoms with Crippen molar-refractivity contribution in [2.75, 3.05) is 38.2 Å². The first-order valence-electron chi connectivity index (χ1n) is 10.3. The number of nitrogens with zero attached hydrogens (tertiary/aromatic N) is 4. The van der Waals surface area contributed by atoms with E-state index in [0.717, 1.165) is 11.4 Å². The first kappa shape index (κ1) is 20.3. The number of fused-ring (bicyclic) bond motifs is 2. The number of ether oxygens (including phenoxy) is 1. The molecule has 1 aliphatic rings. The van der Waals surface area contributed by atoms with Crippen molar-refractivity contribution >= 4 is 39.7 Å². The second-order valence-corrected chi connectivity index (χ2v) is 8.11. The summed E-state index contributed by atoms with van der Waals surface area (Å²) in [6.45, 7) is 2.57. The number of anilines is 1. The van der Waals surface area contributed by atoms with Crippen LogP contribution in [-0.4, -0.2) is 53.5 Å². The number of pyridine rings is 1. The number of hydrogen-bond donors (Lipinski definition) is 0. The number of halogens is 1. The molecule has 0 unspecified atom stereocenters. The average molecular weight is 449 g/mol. The Morgan fingerprint density at radius 1 is 1.03 bits per heavy atom. The van der Waals surface area contributed by atoms with E-state index in [1.54, 1.807) is 43.6 Å². The van der Waals surface area contributed by atoms with E-state index >= 15 is 0 Å². The van der Waals surface area contributed by atoms with Gasteiger partial charge in [0.05, 0.1) is 29.3 Å². The van der Waals surface area contributed by atoms with Crippen molar-refractivity contribution in [1.29, 1.82) is 0 Å². The third-order valence-electron chi connectivity index (χ3n) is 5.81. The fourth-order valence-electron chi connectivity index (χ4n) is 4.13. The molecule has 2 aromatic carbocycles. The predicted molar refractivity (Wildman–Crippen MR) is 125 cm³/mol. The molecule has 0 saturated carbocycles. The maximum absolute atomic E-state index is 13.2. The Bertz CT molecular complexity index is 1390. The monoisotopic (exact) mass is 448 g/mol. The van der Waals surface area contributed by atoms with Crippen LogP contribution in [0.1, 0.15) is 10.4 Å². The lowest BCUT2D eigenvalue weighted by Crippen LogP contribution is -2.49. The molecule has 4 aromatic rings. The lowest BCUT2D eigenvalue weighted by Gasteiger charge is -2.36. The van der Waals surface area contributed by atoms with Crippen LogP contribution in [0, 0.1) is 0 Å². The van der Waals surface area contributed by atoms with Crippen LogP contribution >= 0.6 is 11.6 Å². The Balaban J connectivity index is 1.39. The summed E-state index contributed by atoms with van der Waals surface area (Å²) >= 11 is 6.03. The van der Waals surface area contributed by atoms with Gasteiger partial charge in [0, 0.05) is 37.4 Å². The van der Waals surface area contributed by atoms with Gasteiger partial charge < -0.3 is 14.5 Å². The highest BCUT2D eigenvalue weighted by atomic mass is 35.5. The highest BCUT2D eigenvalue weighted by Crippen LogP contribution is 2.28. The van der Waals surface area contributed by atoms with Gasteiger partial charge >= 0.3 is 0 Å². The van der Waals surface area contributed by atoms with Crippen molar-refractivity contribution in [2.45, 2.75) is 0 Å². The predicted octanol–water partition coefficient (Wildman–Crippen LogP) is 3.47. The van der Waals surface area contributed by atoms with E-state index < -0.39 is 0 Å². The highest BCUT2D eigenvalue weighted by Gasteiger charge is 2.24. The Morgan fingerprint density at radius 2 is 1.81 bits per heavy atom. The number of hydrogen-bond acceptors (Lipinski definition) is 5. The minimum absolute atomic E-state index is 0.102. The van der Waals surface area contributed by atoms with Gasteiger partial charge in [-0.05, 0) is 42.5 Å². The molecule has 0 bridgehead atoms. The Labute approximate surface area is 189 Å². The zero-order valence-electron chi connectivity index (χ0n) is 17.5. The molecule has 0 aliphatic carbocycles. The number of carbonyl (C=O) groups is 1. The Morgan fingerprint density at radius 3 is 2.59 bits per heavy atom. The molecule has 1 saturated heterocycles. The molecule has 5 rings (SSSR count). The third-order valence-corrected chi connectivity index (χ3v) is 6.05. The summed E-state index contributed by atoms with van der Waals surface area (Å²) in [5.74, 6) is 0.719. The normalized spacial score (nSPS) is 14.2. The zero-order chi connectivity index (χ0) is 22.2. The van der Waals surface area contributed by atoms with Gasteiger partial charge in [-0.25, -0.2) is 4.98 Å². The molecule has 3 heterocycles. The van der Waals surface area contributed by atoms with Crippen molar-refractivity contribution in [3.05, 3.63) is 81.7 Å². The summed E-state index contributed by atoms with van der Waals surface area (Å²) in [4.78, 5) is 34.6. The standard InChI is InChI=1S/C24H21ClN4O3/c1-32-21-5-3-2-4-20(21)27-10-12-28(13-11-27)23(30)16-6-9-22-26-19-14-17(25)7-8-18(19)24(31)29(22)15-16/h2-9,14-15H,10-13H2,1H3. The zero-order valence-corrected chi connectivity index (χ0v) is 18.2. The van der Waals surface area contributed by atoms with E-state index in [2.05, 4.69) is 9.88 Å². The van der Waals surface area contributed by atoms with E-state index in [0.29, 0.717) is 53.3 Å². The summed E-state index contributed by atoms with van der Waals surface area (Å²) in [5.41, 5.74) is 2.27. The number of para-hydroxylation sites is 2. The van der Waals surface area contributed by atoms with Crippen LogP contribution in [0.2, 0.25) is 5.02 Å². The van der Waals surface area contributed by atoms with Crippen molar-refractivity contribution in [2.24, 2.45) is 0 Å². The lowest BCUT2D eigenvalue weighted by molar-refractivity contribution is 0.0746. The average Bonchev–Trinajstić information content (AvgIpc) is 2.83. The Kier molecular flexibility index (Phi) is 5.19. The fraction of sp³-hybridized carbons (Fsp3) is 0.208. The van der Waals surface area contributed by atoms with E-state index in [1.807, 2.05) is 29.2 Å². The molecule has 0 atom stereocenters. The fourth-order valence-corrected chi connectivity index (χ4v) is 4.29. The molecule has 0 radical (unpaired) electrons. The minimum Gasteiger partial charge on any atom is -0.495 e. The van der Waals surface area contributed by atoms with Gasteiger partial charge in [-0.1, -0.05) is 23.7 Å². The molecule has 7 nitrogen and oxygen atoms in total. The summed E-state index contributed by atoms with van der Waals surface area (Å²) in [6, 6.07) is 16.3. The van der Waals surface area contributed by atoms with Gasteiger partial charge in [0.1, 0.15) is 11.4 Å². The van der Waals surface area contributed by atoms with E-state index in [9.17, 15) is 9.59 Å². The molecule has 1 aliphatic heterocycles. The van der Waals surface area contributed by atoms with Crippen molar-refractivity contribution in [3.8, 4) is 5.75 Å². The maximum atomic E-state index is 13.2. The van der Waals surface area contributed by atoms with Gasteiger partial charge in [-0.3, -0.25) is 14.0 Å². The first-order valence-corrected chi connectivity index (χ1v) is 10.7. The molecular weight excluding hydrogens is 428 g/mol. The molecule has 162 valence electrons. The van der Waals surface area contributed by atoms with E-state index in [4.69, 9.17) is 16.3 Å². The number of aromatic nitrogens is 2. The molecule has 1 fully saturated rings. The quantitative estimate of drug-likeness (QED) is 0.449. The van der Waals surface area contributed by atoms with Gasteiger partial charge in [0.25, 0.3) is 11.5 Å². The van der Waals surface area contributed by atoms with Crippen LogP contribution in [0.15, 0.2) is 65.6 Å². The Hall–Kier alpha value is -3.58. The van der Waals surface area contributed by atoms with Crippen LogP contribution in [0.25, 0.3) is 16.6 Å². The first-order chi connectivity index (χ1) is 15.5. The lowest BCUT2D eigenvalue weighted by atomic mass is 10.2. The highest BCUT2D eigenvalue weighted by molar-refractivity contribution is 6.31. The summed E-state index contributed by atoms with van der Waals surface area (Å²) in [6.07, 6.45) is 1.58. The second kappa shape index (κ2) is 8.16. The van der Waals surface area contributed by atoms with Crippen molar-refractivity contribution in [1.82, 2.24) is 14.3 Å². The number of piperazine rings is 1. The number of methoxy groups -OCH3 is 1. The van der Waals surface area contributed by atoms with E-state index in [-0.39, 0.29) is 11.5 Å². The van der Waals surface area contributed by atoms with Gasteiger partial charge in [-0.2, -0.15) is 0 Å². The minimum atomic E-state index is -0.225. The van der Waals surface area contributed by atoms with Crippen LogP contribution in [0.3, 0.4) is 0 Å². The summed E-state index contributed by atoms with van der Waals surface area (Å²) in [5, 5.41) is 0.981. The largest absolute Gasteiger partial charge is 0.495 e. The third kappa shape index (κ3) is 3.54. The van der Waals surface area contributed by atoms with Crippen LogP contribution in [0.4, 0.5) is 5.69 Å². The molecule has 8 heteroatoms. The van der Waals surface area contributed by atoms with Gasteiger partial charge in [0.15, 0.2) is 0 Å². The van der Waals surface area contributed by atoms with Gasteiger partial charge in [0.2, 0.25) is 0 Å².